The number of halogens is 1. The number of rotatable bonds is 5. The molecule has 0 aliphatic rings. The summed E-state index contributed by atoms with van der Waals surface area (Å²) in [5.74, 6) is 0. The first kappa shape index (κ1) is 11.1. The van der Waals surface area contributed by atoms with Gasteiger partial charge >= 0.3 is 0 Å². The van der Waals surface area contributed by atoms with Crippen LogP contribution in [0.3, 0.4) is 0 Å². The number of nitrogens with zero attached hydrogens (tertiary/aromatic N) is 2. The van der Waals surface area contributed by atoms with E-state index in [0.29, 0.717) is 0 Å². The van der Waals surface area contributed by atoms with Gasteiger partial charge in [0.05, 0.1) is 10.7 Å². The van der Waals surface area contributed by atoms with Crippen LogP contribution in [0.1, 0.15) is 17.6 Å². The van der Waals surface area contributed by atoms with Crippen LogP contribution in [-0.2, 0) is 6.54 Å². The van der Waals surface area contributed by atoms with Crippen LogP contribution in [-0.4, -0.2) is 28.3 Å². The second kappa shape index (κ2) is 5.73. The van der Waals surface area contributed by atoms with Crippen LogP contribution < -0.4 is 0 Å². The molecule has 1 rings (SSSR count). The van der Waals surface area contributed by atoms with E-state index in [-0.39, 0.29) is 0 Å². The molecule has 0 fully saturated rings. The van der Waals surface area contributed by atoms with Crippen LogP contribution in [0.4, 0.5) is 0 Å². The number of aromatic nitrogens is 1. The van der Waals surface area contributed by atoms with Gasteiger partial charge in [0.1, 0.15) is 0 Å². The first-order valence-electron chi connectivity index (χ1n) is 4.45. The van der Waals surface area contributed by atoms with E-state index in [1.807, 2.05) is 0 Å². The summed E-state index contributed by atoms with van der Waals surface area (Å²) in [7, 11) is 0. The number of alkyl halides is 1. The fourth-order valence-corrected chi connectivity index (χ4v) is 2.28. The summed E-state index contributed by atoms with van der Waals surface area (Å²) in [5.41, 5.74) is 1.20. The summed E-state index contributed by atoms with van der Waals surface area (Å²) in [6.07, 6.45) is 0. The molecule has 2 nitrogen and oxygen atoms in total. The van der Waals surface area contributed by atoms with Crippen LogP contribution in [0.5, 0.6) is 0 Å². The summed E-state index contributed by atoms with van der Waals surface area (Å²) in [6, 6.07) is 0. The van der Waals surface area contributed by atoms with Crippen molar-refractivity contribution in [2.45, 2.75) is 20.4 Å². The molecule has 0 bridgehead atoms. The SMILES string of the molecule is CCN(CCBr)Cc1csc(C)n1. The lowest BCUT2D eigenvalue weighted by molar-refractivity contribution is 0.296. The second-order valence-electron chi connectivity index (χ2n) is 2.92. The van der Waals surface area contributed by atoms with E-state index in [1.165, 1.54) is 5.69 Å². The van der Waals surface area contributed by atoms with Crippen LogP contribution in [0.25, 0.3) is 0 Å². The minimum atomic E-state index is 0.979. The van der Waals surface area contributed by atoms with Gasteiger partial charge in [0.15, 0.2) is 0 Å². The maximum atomic E-state index is 4.44. The Morgan fingerprint density at radius 1 is 1.62 bits per heavy atom. The molecular formula is C9H15BrN2S. The molecule has 0 aliphatic carbocycles. The van der Waals surface area contributed by atoms with Gasteiger partial charge in [-0.15, -0.1) is 11.3 Å². The molecular weight excluding hydrogens is 248 g/mol. The highest BCUT2D eigenvalue weighted by Crippen LogP contribution is 2.10. The van der Waals surface area contributed by atoms with Crippen molar-refractivity contribution < 1.29 is 0 Å². The molecule has 0 N–H and O–H groups in total. The molecule has 0 aromatic carbocycles. The molecule has 1 heterocycles. The number of hydrogen-bond donors (Lipinski definition) is 0. The van der Waals surface area contributed by atoms with E-state index in [2.05, 4.69) is 45.0 Å². The number of aryl methyl sites for hydroxylation is 1. The largest absolute Gasteiger partial charge is 0.297 e. The van der Waals surface area contributed by atoms with E-state index >= 15 is 0 Å². The highest BCUT2D eigenvalue weighted by Gasteiger charge is 2.04. The minimum absolute atomic E-state index is 0.979. The van der Waals surface area contributed by atoms with E-state index in [9.17, 15) is 0 Å². The second-order valence-corrected chi connectivity index (χ2v) is 4.77. The quantitative estimate of drug-likeness (QED) is 0.759. The van der Waals surface area contributed by atoms with Gasteiger partial charge in [-0.1, -0.05) is 22.9 Å². The zero-order valence-corrected chi connectivity index (χ0v) is 10.5. The maximum Gasteiger partial charge on any atom is 0.0897 e. The van der Waals surface area contributed by atoms with Gasteiger partial charge in [-0.2, -0.15) is 0 Å². The van der Waals surface area contributed by atoms with Crippen molar-refractivity contribution in [3.63, 3.8) is 0 Å². The van der Waals surface area contributed by atoms with Crippen LogP contribution >= 0.6 is 27.3 Å². The topological polar surface area (TPSA) is 16.1 Å². The molecule has 0 aliphatic heterocycles. The lowest BCUT2D eigenvalue weighted by Crippen LogP contribution is -2.24. The molecule has 0 atom stereocenters. The lowest BCUT2D eigenvalue weighted by Gasteiger charge is -2.17. The van der Waals surface area contributed by atoms with Gasteiger partial charge in [-0.05, 0) is 13.5 Å². The predicted molar refractivity (Wildman–Crippen MR) is 61.6 cm³/mol. The summed E-state index contributed by atoms with van der Waals surface area (Å²) in [5, 5.41) is 4.33. The molecule has 0 saturated heterocycles. The standard InChI is InChI=1S/C9H15BrN2S/c1-3-12(5-4-10)6-9-7-13-8(2)11-9/h7H,3-6H2,1-2H3. The van der Waals surface area contributed by atoms with Crippen LogP contribution in [0, 0.1) is 6.92 Å². The molecule has 0 radical (unpaired) electrons. The molecule has 1 aromatic heterocycles. The normalized spacial score (nSPS) is 11.1. The van der Waals surface area contributed by atoms with Crippen LogP contribution in [0.15, 0.2) is 5.38 Å². The van der Waals surface area contributed by atoms with Crippen molar-refractivity contribution >= 4 is 27.3 Å². The van der Waals surface area contributed by atoms with Gasteiger partial charge in [-0.25, -0.2) is 4.98 Å². The average Bonchev–Trinajstić information content (AvgIpc) is 2.50. The maximum absolute atomic E-state index is 4.44. The van der Waals surface area contributed by atoms with Gasteiger partial charge in [0.2, 0.25) is 0 Å². The van der Waals surface area contributed by atoms with Gasteiger partial charge in [-0.3, -0.25) is 4.90 Å². The van der Waals surface area contributed by atoms with Crippen molar-refractivity contribution in [2.24, 2.45) is 0 Å². The van der Waals surface area contributed by atoms with Gasteiger partial charge in [0, 0.05) is 23.8 Å². The van der Waals surface area contributed by atoms with Crippen molar-refractivity contribution in [1.29, 1.82) is 0 Å². The number of thiazole rings is 1. The van der Waals surface area contributed by atoms with E-state index < -0.39 is 0 Å². The zero-order chi connectivity index (χ0) is 9.68. The van der Waals surface area contributed by atoms with E-state index in [0.717, 1.165) is 30.0 Å². The Morgan fingerprint density at radius 2 is 2.38 bits per heavy atom. The molecule has 0 amide bonds. The number of hydrogen-bond acceptors (Lipinski definition) is 3. The molecule has 13 heavy (non-hydrogen) atoms. The summed E-state index contributed by atoms with van der Waals surface area (Å²) in [6.45, 7) is 7.39. The third-order valence-electron chi connectivity index (χ3n) is 1.90. The monoisotopic (exact) mass is 262 g/mol. The smallest absolute Gasteiger partial charge is 0.0897 e. The highest BCUT2D eigenvalue weighted by molar-refractivity contribution is 9.09. The van der Waals surface area contributed by atoms with Gasteiger partial charge in [0.25, 0.3) is 0 Å². The van der Waals surface area contributed by atoms with Crippen molar-refractivity contribution in [2.75, 3.05) is 18.4 Å². The van der Waals surface area contributed by atoms with Gasteiger partial charge < -0.3 is 0 Å². The van der Waals surface area contributed by atoms with Crippen LogP contribution in [0.2, 0.25) is 0 Å². The fraction of sp³-hybridized carbons (Fsp3) is 0.667. The summed E-state index contributed by atoms with van der Waals surface area (Å²) >= 11 is 5.18. The van der Waals surface area contributed by atoms with Crippen molar-refractivity contribution in [3.8, 4) is 0 Å². The molecule has 4 heteroatoms. The summed E-state index contributed by atoms with van der Waals surface area (Å²) < 4.78 is 0. The molecule has 1 aromatic rings. The predicted octanol–water partition coefficient (Wildman–Crippen LogP) is 2.67. The van der Waals surface area contributed by atoms with E-state index in [4.69, 9.17) is 0 Å². The Balaban J connectivity index is 2.46. The van der Waals surface area contributed by atoms with Crippen molar-refractivity contribution in [1.82, 2.24) is 9.88 Å². The molecule has 0 saturated carbocycles. The minimum Gasteiger partial charge on any atom is -0.297 e. The Hall–Kier alpha value is 0.0700. The third-order valence-corrected chi connectivity index (χ3v) is 3.08. The van der Waals surface area contributed by atoms with Crippen molar-refractivity contribution in [3.05, 3.63) is 16.1 Å². The molecule has 0 unspecified atom stereocenters. The zero-order valence-electron chi connectivity index (χ0n) is 8.09. The first-order valence-corrected chi connectivity index (χ1v) is 6.45. The first-order chi connectivity index (χ1) is 6.26. The Kier molecular flexibility index (Phi) is 4.91. The van der Waals surface area contributed by atoms with E-state index in [1.54, 1.807) is 11.3 Å². The highest BCUT2D eigenvalue weighted by atomic mass is 79.9. The Bertz CT molecular complexity index is 250. The lowest BCUT2D eigenvalue weighted by atomic mass is 10.4. The molecule has 74 valence electrons. The molecule has 0 spiro atoms. The average molecular weight is 263 g/mol. The fourth-order valence-electron chi connectivity index (χ4n) is 1.18. The Morgan fingerprint density at radius 3 is 2.85 bits per heavy atom. The Labute approximate surface area is 92.1 Å². The summed E-state index contributed by atoms with van der Waals surface area (Å²) in [4.78, 5) is 6.82. The third kappa shape index (κ3) is 3.75.